The predicted molar refractivity (Wildman–Crippen MR) is 102 cm³/mol. The molecule has 0 saturated heterocycles. The van der Waals surface area contributed by atoms with E-state index in [0.29, 0.717) is 0 Å². The van der Waals surface area contributed by atoms with Crippen LogP contribution in [0.4, 0.5) is 5.69 Å². The number of rotatable bonds is 3. The first-order chi connectivity index (χ1) is 11.8. The van der Waals surface area contributed by atoms with E-state index >= 15 is 0 Å². The van der Waals surface area contributed by atoms with Crippen molar-refractivity contribution in [2.24, 2.45) is 4.99 Å². The minimum atomic E-state index is 0.916. The summed E-state index contributed by atoms with van der Waals surface area (Å²) in [6.07, 6.45) is 5.73. The lowest BCUT2D eigenvalue weighted by Crippen LogP contribution is -1.97. The Balaban J connectivity index is 1.66. The van der Waals surface area contributed by atoms with Crippen LogP contribution >= 0.6 is 15.9 Å². The molecule has 4 aromatic rings. The SMILES string of the molecule is Brc1ccc(-n2cccc2C=Nc2ccc3ncccc3c2)cc1. The van der Waals surface area contributed by atoms with Crippen LogP contribution in [0.25, 0.3) is 16.6 Å². The average Bonchev–Trinajstić information content (AvgIpc) is 3.09. The molecule has 0 aliphatic rings. The highest BCUT2D eigenvalue weighted by molar-refractivity contribution is 9.10. The molecule has 0 unspecified atom stereocenters. The van der Waals surface area contributed by atoms with Crippen molar-refractivity contribution in [3.8, 4) is 5.69 Å². The van der Waals surface area contributed by atoms with E-state index in [0.717, 1.165) is 32.4 Å². The highest BCUT2D eigenvalue weighted by Gasteiger charge is 2.01. The molecule has 2 heterocycles. The normalized spacial score (nSPS) is 11.4. The van der Waals surface area contributed by atoms with Gasteiger partial charge in [0, 0.05) is 27.9 Å². The van der Waals surface area contributed by atoms with Crippen molar-refractivity contribution >= 4 is 38.7 Å². The summed E-state index contributed by atoms with van der Waals surface area (Å²) in [5, 5.41) is 1.09. The highest BCUT2D eigenvalue weighted by atomic mass is 79.9. The Kier molecular flexibility index (Phi) is 3.97. The summed E-state index contributed by atoms with van der Waals surface area (Å²) in [7, 11) is 0. The molecule has 0 aliphatic carbocycles. The van der Waals surface area contributed by atoms with Crippen LogP contribution in [-0.2, 0) is 0 Å². The van der Waals surface area contributed by atoms with Gasteiger partial charge in [-0.3, -0.25) is 9.98 Å². The lowest BCUT2D eigenvalue weighted by Gasteiger charge is -2.06. The fourth-order valence-corrected chi connectivity index (χ4v) is 2.88. The quantitative estimate of drug-likeness (QED) is 0.432. The second-order valence-electron chi connectivity index (χ2n) is 5.42. The Morgan fingerprint density at radius 2 is 1.83 bits per heavy atom. The van der Waals surface area contributed by atoms with Gasteiger partial charge in [-0.2, -0.15) is 0 Å². The number of benzene rings is 2. The molecule has 0 bridgehead atoms. The summed E-state index contributed by atoms with van der Waals surface area (Å²) in [4.78, 5) is 8.95. The molecule has 0 atom stereocenters. The molecule has 0 radical (unpaired) electrons. The topological polar surface area (TPSA) is 30.2 Å². The van der Waals surface area contributed by atoms with Crippen molar-refractivity contribution < 1.29 is 0 Å². The van der Waals surface area contributed by atoms with Crippen LogP contribution in [0, 0.1) is 0 Å². The monoisotopic (exact) mass is 375 g/mol. The number of nitrogens with zero attached hydrogens (tertiary/aromatic N) is 3. The molecule has 0 spiro atoms. The minimum absolute atomic E-state index is 0.916. The zero-order valence-electron chi connectivity index (χ0n) is 12.8. The average molecular weight is 376 g/mol. The van der Waals surface area contributed by atoms with E-state index in [-0.39, 0.29) is 0 Å². The Hall–Kier alpha value is -2.72. The van der Waals surface area contributed by atoms with Crippen LogP contribution in [-0.4, -0.2) is 15.8 Å². The van der Waals surface area contributed by atoms with E-state index in [1.807, 2.05) is 67.0 Å². The summed E-state index contributed by atoms with van der Waals surface area (Å²) in [5.74, 6) is 0. The van der Waals surface area contributed by atoms with Gasteiger partial charge in [-0.15, -0.1) is 0 Å². The fraction of sp³-hybridized carbons (Fsp3) is 0. The van der Waals surface area contributed by atoms with E-state index in [4.69, 9.17) is 0 Å². The zero-order valence-corrected chi connectivity index (χ0v) is 14.4. The first kappa shape index (κ1) is 14.8. The molecule has 4 rings (SSSR count). The van der Waals surface area contributed by atoms with Crippen molar-refractivity contribution in [1.82, 2.24) is 9.55 Å². The number of fused-ring (bicyclic) bond motifs is 1. The third-order valence-corrected chi connectivity index (χ3v) is 4.35. The van der Waals surface area contributed by atoms with Gasteiger partial charge < -0.3 is 4.57 Å². The third kappa shape index (κ3) is 3.01. The number of aliphatic imine (C=N–C) groups is 1. The molecule has 0 aliphatic heterocycles. The molecule has 0 N–H and O–H groups in total. The highest BCUT2D eigenvalue weighted by Crippen LogP contribution is 2.20. The molecular formula is C20H14BrN3. The predicted octanol–water partition coefficient (Wildman–Crippen LogP) is 5.54. The van der Waals surface area contributed by atoms with Crippen molar-refractivity contribution in [2.45, 2.75) is 0 Å². The summed E-state index contributed by atoms with van der Waals surface area (Å²) in [6.45, 7) is 0. The molecule has 0 fully saturated rings. The molecule has 24 heavy (non-hydrogen) atoms. The minimum Gasteiger partial charge on any atom is -0.316 e. The lowest BCUT2D eigenvalue weighted by molar-refractivity contribution is 1.07. The number of aromatic nitrogens is 2. The van der Waals surface area contributed by atoms with Crippen molar-refractivity contribution in [1.29, 1.82) is 0 Å². The van der Waals surface area contributed by atoms with Gasteiger partial charge in [0.05, 0.1) is 23.1 Å². The second-order valence-corrected chi connectivity index (χ2v) is 6.33. The van der Waals surface area contributed by atoms with Gasteiger partial charge in [0.1, 0.15) is 0 Å². The maximum atomic E-state index is 4.62. The van der Waals surface area contributed by atoms with Crippen LogP contribution in [0.5, 0.6) is 0 Å². The third-order valence-electron chi connectivity index (χ3n) is 3.82. The summed E-state index contributed by atoms with van der Waals surface area (Å²) in [6, 6.07) is 22.3. The standard InChI is InChI=1S/C20H14BrN3/c21-16-5-8-18(9-6-16)24-12-2-4-19(24)14-23-17-7-10-20-15(13-17)3-1-11-22-20/h1-14H. The van der Waals surface area contributed by atoms with Crippen LogP contribution in [0.15, 0.2) is 88.6 Å². The molecular weight excluding hydrogens is 362 g/mol. The van der Waals surface area contributed by atoms with E-state index in [1.165, 1.54) is 0 Å². The Labute approximate surface area is 148 Å². The molecule has 2 aromatic carbocycles. The molecule has 2 aromatic heterocycles. The van der Waals surface area contributed by atoms with Gasteiger partial charge in [-0.25, -0.2) is 0 Å². The molecule has 116 valence electrons. The van der Waals surface area contributed by atoms with E-state index in [9.17, 15) is 0 Å². The van der Waals surface area contributed by atoms with Crippen LogP contribution < -0.4 is 0 Å². The Bertz CT molecular complexity index is 1020. The molecule has 3 nitrogen and oxygen atoms in total. The number of halogens is 1. The van der Waals surface area contributed by atoms with Crippen LogP contribution in [0.1, 0.15) is 5.69 Å². The molecule has 0 saturated carbocycles. The van der Waals surface area contributed by atoms with Gasteiger partial charge in [0.2, 0.25) is 0 Å². The van der Waals surface area contributed by atoms with Crippen molar-refractivity contribution in [3.63, 3.8) is 0 Å². The maximum absolute atomic E-state index is 4.62. The van der Waals surface area contributed by atoms with Crippen molar-refractivity contribution in [2.75, 3.05) is 0 Å². The van der Waals surface area contributed by atoms with E-state index in [2.05, 4.69) is 42.6 Å². The Morgan fingerprint density at radius 3 is 2.71 bits per heavy atom. The largest absolute Gasteiger partial charge is 0.316 e. The van der Waals surface area contributed by atoms with E-state index < -0.39 is 0 Å². The van der Waals surface area contributed by atoms with Gasteiger partial charge in [-0.1, -0.05) is 22.0 Å². The fourth-order valence-electron chi connectivity index (χ4n) is 2.62. The van der Waals surface area contributed by atoms with Crippen LogP contribution in [0.2, 0.25) is 0 Å². The Morgan fingerprint density at radius 1 is 0.958 bits per heavy atom. The van der Waals surface area contributed by atoms with E-state index in [1.54, 1.807) is 6.20 Å². The summed E-state index contributed by atoms with van der Waals surface area (Å²) in [5.41, 5.74) is 4.03. The zero-order chi connectivity index (χ0) is 16.4. The summed E-state index contributed by atoms with van der Waals surface area (Å²) < 4.78 is 3.18. The number of hydrogen-bond donors (Lipinski definition) is 0. The lowest BCUT2D eigenvalue weighted by atomic mass is 10.2. The molecule has 4 heteroatoms. The number of hydrogen-bond acceptors (Lipinski definition) is 2. The number of pyridine rings is 1. The van der Waals surface area contributed by atoms with Crippen molar-refractivity contribution in [3.05, 3.63) is 89.3 Å². The van der Waals surface area contributed by atoms with Gasteiger partial charge in [-0.05, 0) is 60.7 Å². The molecule has 0 amide bonds. The first-order valence-electron chi connectivity index (χ1n) is 7.62. The van der Waals surface area contributed by atoms with Crippen LogP contribution in [0.3, 0.4) is 0 Å². The van der Waals surface area contributed by atoms with Gasteiger partial charge >= 0.3 is 0 Å². The first-order valence-corrected chi connectivity index (χ1v) is 8.41. The second kappa shape index (κ2) is 6.42. The summed E-state index contributed by atoms with van der Waals surface area (Å²) >= 11 is 3.47. The van der Waals surface area contributed by atoms with Gasteiger partial charge in [0.25, 0.3) is 0 Å². The maximum Gasteiger partial charge on any atom is 0.0703 e. The smallest absolute Gasteiger partial charge is 0.0703 e. The van der Waals surface area contributed by atoms with Gasteiger partial charge in [0.15, 0.2) is 0 Å².